The van der Waals surface area contributed by atoms with Crippen molar-refractivity contribution in [1.82, 2.24) is 9.88 Å². The van der Waals surface area contributed by atoms with E-state index in [1.165, 1.54) is 11.1 Å². The number of benzene rings is 1. The van der Waals surface area contributed by atoms with Crippen molar-refractivity contribution >= 4 is 5.91 Å². The summed E-state index contributed by atoms with van der Waals surface area (Å²) in [6, 6.07) is 13.6. The first kappa shape index (κ1) is 10.0. The molecule has 0 spiro atoms. The molecule has 1 amide bonds. The summed E-state index contributed by atoms with van der Waals surface area (Å²) in [5.41, 5.74) is 2.98. The van der Waals surface area contributed by atoms with E-state index in [0.717, 1.165) is 0 Å². The summed E-state index contributed by atoms with van der Waals surface area (Å²) in [6.07, 6.45) is 1.65. The van der Waals surface area contributed by atoms with Gasteiger partial charge in [-0.25, -0.2) is 0 Å². The van der Waals surface area contributed by atoms with Gasteiger partial charge in [0, 0.05) is 19.3 Å². The van der Waals surface area contributed by atoms with Gasteiger partial charge in [0.2, 0.25) is 0 Å². The lowest BCUT2D eigenvalue weighted by Crippen LogP contribution is -2.26. The standard InChI is InChI=1S/C14H12N2O/c17-14(13-7-3-4-8-15-13)16-9-11-5-1-2-6-12(11)10-16/h1-8H,9-10H2. The first-order valence-electron chi connectivity index (χ1n) is 5.62. The Hall–Kier alpha value is -2.16. The average molecular weight is 224 g/mol. The summed E-state index contributed by atoms with van der Waals surface area (Å²) in [5.74, 6) is 0.00167. The molecule has 0 bridgehead atoms. The molecule has 1 aliphatic rings. The minimum Gasteiger partial charge on any atom is -0.329 e. The van der Waals surface area contributed by atoms with Gasteiger partial charge in [-0.1, -0.05) is 30.3 Å². The van der Waals surface area contributed by atoms with E-state index in [0.29, 0.717) is 18.8 Å². The molecule has 2 aromatic rings. The van der Waals surface area contributed by atoms with Gasteiger partial charge in [-0.2, -0.15) is 0 Å². The third-order valence-corrected chi connectivity index (χ3v) is 3.01. The van der Waals surface area contributed by atoms with Crippen LogP contribution < -0.4 is 0 Å². The van der Waals surface area contributed by atoms with Crippen molar-refractivity contribution in [1.29, 1.82) is 0 Å². The number of fused-ring (bicyclic) bond motifs is 1. The van der Waals surface area contributed by atoms with E-state index in [2.05, 4.69) is 17.1 Å². The number of aromatic nitrogens is 1. The van der Waals surface area contributed by atoms with Gasteiger partial charge in [0.15, 0.2) is 0 Å². The molecule has 2 heterocycles. The number of rotatable bonds is 1. The minimum absolute atomic E-state index is 0.00167. The fraction of sp³-hybridized carbons (Fsp3) is 0.143. The van der Waals surface area contributed by atoms with Crippen LogP contribution in [0.4, 0.5) is 0 Å². The van der Waals surface area contributed by atoms with E-state index in [9.17, 15) is 4.79 Å². The highest BCUT2D eigenvalue weighted by Crippen LogP contribution is 2.23. The largest absolute Gasteiger partial charge is 0.329 e. The SMILES string of the molecule is O=C(c1ccccn1)N1Cc2ccccc2C1. The highest BCUT2D eigenvalue weighted by atomic mass is 16.2. The van der Waals surface area contributed by atoms with Crippen molar-refractivity contribution in [2.75, 3.05) is 0 Å². The fourth-order valence-corrected chi connectivity index (χ4v) is 2.13. The molecule has 0 fully saturated rings. The van der Waals surface area contributed by atoms with Gasteiger partial charge < -0.3 is 4.90 Å². The number of carbonyl (C=O) groups is 1. The maximum absolute atomic E-state index is 12.2. The van der Waals surface area contributed by atoms with Gasteiger partial charge in [-0.3, -0.25) is 9.78 Å². The van der Waals surface area contributed by atoms with E-state index in [-0.39, 0.29) is 5.91 Å². The quantitative estimate of drug-likeness (QED) is 0.744. The molecule has 0 aliphatic carbocycles. The topological polar surface area (TPSA) is 33.2 Å². The van der Waals surface area contributed by atoms with Crippen molar-refractivity contribution in [3.8, 4) is 0 Å². The van der Waals surface area contributed by atoms with Crippen molar-refractivity contribution < 1.29 is 4.79 Å². The predicted octanol–water partition coefficient (Wildman–Crippen LogP) is 2.24. The number of hydrogen-bond donors (Lipinski definition) is 0. The summed E-state index contributed by atoms with van der Waals surface area (Å²) in [6.45, 7) is 1.37. The summed E-state index contributed by atoms with van der Waals surface area (Å²) in [5, 5.41) is 0. The highest BCUT2D eigenvalue weighted by molar-refractivity contribution is 5.92. The van der Waals surface area contributed by atoms with E-state index < -0.39 is 0 Å². The molecule has 17 heavy (non-hydrogen) atoms. The molecular formula is C14H12N2O. The van der Waals surface area contributed by atoms with E-state index in [1.54, 1.807) is 12.3 Å². The van der Waals surface area contributed by atoms with Crippen LogP contribution >= 0.6 is 0 Å². The van der Waals surface area contributed by atoms with Gasteiger partial charge >= 0.3 is 0 Å². The van der Waals surface area contributed by atoms with Crippen LogP contribution in [0.5, 0.6) is 0 Å². The maximum Gasteiger partial charge on any atom is 0.273 e. The summed E-state index contributed by atoms with van der Waals surface area (Å²) in [4.78, 5) is 18.1. The summed E-state index contributed by atoms with van der Waals surface area (Å²) >= 11 is 0. The zero-order valence-corrected chi connectivity index (χ0v) is 9.34. The lowest BCUT2D eigenvalue weighted by atomic mass is 10.1. The zero-order valence-electron chi connectivity index (χ0n) is 9.34. The maximum atomic E-state index is 12.2. The second kappa shape index (κ2) is 4.01. The molecule has 1 aromatic carbocycles. The number of pyridine rings is 1. The first-order chi connectivity index (χ1) is 8.34. The van der Waals surface area contributed by atoms with Crippen LogP contribution in [-0.4, -0.2) is 15.8 Å². The van der Waals surface area contributed by atoms with Crippen LogP contribution in [0.3, 0.4) is 0 Å². The van der Waals surface area contributed by atoms with Crippen LogP contribution in [0.1, 0.15) is 21.6 Å². The van der Waals surface area contributed by atoms with Crippen molar-refractivity contribution in [2.24, 2.45) is 0 Å². The number of carbonyl (C=O) groups excluding carboxylic acids is 1. The van der Waals surface area contributed by atoms with Crippen molar-refractivity contribution in [3.63, 3.8) is 0 Å². The van der Waals surface area contributed by atoms with Gasteiger partial charge in [0.1, 0.15) is 5.69 Å². The number of nitrogens with zero attached hydrogens (tertiary/aromatic N) is 2. The molecule has 0 N–H and O–H groups in total. The Balaban J connectivity index is 1.84. The predicted molar refractivity (Wildman–Crippen MR) is 64.3 cm³/mol. The Bertz CT molecular complexity index is 526. The Kier molecular flexibility index (Phi) is 2.37. The fourth-order valence-electron chi connectivity index (χ4n) is 2.13. The van der Waals surface area contributed by atoms with Crippen LogP contribution in [0.2, 0.25) is 0 Å². The molecule has 3 nitrogen and oxygen atoms in total. The first-order valence-corrected chi connectivity index (χ1v) is 5.62. The van der Waals surface area contributed by atoms with Crippen LogP contribution in [0.25, 0.3) is 0 Å². The molecule has 0 saturated carbocycles. The van der Waals surface area contributed by atoms with Crippen molar-refractivity contribution in [3.05, 3.63) is 65.5 Å². The van der Waals surface area contributed by atoms with Gasteiger partial charge in [-0.05, 0) is 23.3 Å². The average Bonchev–Trinajstić information content (AvgIpc) is 2.82. The minimum atomic E-state index is 0.00167. The Morgan fingerprint density at radius 2 is 1.65 bits per heavy atom. The Labute approximate surface area is 99.7 Å². The molecule has 1 aliphatic heterocycles. The van der Waals surface area contributed by atoms with Gasteiger partial charge in [0.25, 0.3) is 5.91 Å². The van der Waals surface area contributed by atoms with Crippen LogP contribution in [0.15, 0.2) is 48.7 Å². The molecule has 3 rings (SSSR count). The van der Waals surface area contributed by atoms with E-state index in [4.69, 9.17) is 0 Å². The molecule has 0 unspecified atom stereocenters. The van der Waals surface area contributed by atoms with Crippen molar-refractivity contribution in [2.45, 2.75) is 13.1 Å². The molecule has 0 radical (unpaired) electrons. The Morgan fingerprint density at radius 3 is 2.24 bits per heavy atom. The van der Waals surface area contributed by atoms with E-state index in [1.807, 2.05) is 29.2 Å². The van der Waals surface area contributed by atoms with Gasteiger partial charge in [0.05, 0.1) is 0 Å². The van der Waals surface area contributed by atoms with Crippen LogP contribution in [-0.2, 0) is 13.1 Å². The third-order valence-electron chi connectivity index (χ3n) is 3.01. The molecule has 1 aromatic heterocycles. The lowest BCUT2D eigenvalue weighted by Gasteiger charge is -2.14. The molecule has 0 atom stereocenters. The summed E-state index contributed by atoms with van der Waals surface area (Å²) in [7, 11) is 0. The lowest BCUT2D eigenvalue weighted by molar-refractivity contribution is 0.0745. The van der Waals surface area contributed by atoms with Gasteiger partial charge in [-0.15, -0.1) is 0 Å². The second-order valence-corrected chi connectivity index (χ2v) is 4.14. The smallest absolute Gasteiger partial charge is 0.273 e. The van der Waals surface area contributed by atoms with Crippen LogP contribution in [0, 0.1) is 0 Å². The molecule has 84 valence electrons. The van der Waals surface area contributed by atoms with E-state index >= 15 is 0 Å². The highest BCUT2D eigenvalue weighted by Gasteiger charge is 2.24. The monoisotopic (exact) mass is 224 g/mol. The third kappa shape index (κ3) is 1.80. The Morgan fingerprint density at radius 1 is 1.00 bits per heavy atom. The molecular weight excluding hydrogens is 212 g/mol. The molecule has 0 saturated heterocycles. The number of amides is 1. The normalized spacial score (nSPS) is 13.5. The zero-order chi connectivity index (χ0) is 11.7. The molecule has 3 heteroatoms. The second-order valence-electron chi connectivity index (χ2n) is 4.14. The number of hydrogen-bond acceptors (Lipinski definition) is 2. The summed E-state index contributed by atoms with van der Waals surface area (Å²) < 4.78 is 0.